The first-order valence-electron chi connectivity index (χ1n) is 10.1. The summed E-state index contributed by atoms with van der Waals surface area (Å²) in [5.41, 5.74) is -1.40. The molecule has 0 aliphatic rings. The lowest BCUT2D eigenvalue weighted by molar-refractivity contribution is -0.152. The van der Waals surface area contributed by atoms with Gasteiger partial charge in [-0.1, -0.05) is 61.3 Å². The van der Waals surface area contributed by atoms with E-state index in [1.807, 2.05) is 41.5 Å². The van der Waals surface area contributed by atoms with E-state index in [1.54, 1.807) is 6.92 Å². The second-order valence-corrected chi connectivity index (χ2v) is 11.2. The lowest BCUT2D eigenvalue weighted by Crippen LogP contribution is -2.47. The van der Waals surface area contributed by atoms with Gasteiger partial charge >= 0.3 is 15.6 Å². The molecule has 29 heavy (non-hydrogen) atoms. The lowest BCUT2D eigenvalue weighted by atomic mass is 9.77. The Morgan fingerprint density at radius 3 is 1.66 bits per heavy atom. The van der Waals surface area contributed by atoms with E-state index in [9.17, 15) is 18.9 Å². The van der Waals surface area contributed by atoms with E-state index in [1.165, 1.54) is 0 Å². The van der Waals surface area contributed by atoms with Crippen LogP contribution >= 0.6 is 15.6 Å². The fourth-order valence-corrected chi connectivity index (χ4v) is 4.69. The van der Waals surface area contributed by atoms with Gasteiger partial charge in [-0.2, -0.15) is 0 Å². The van der Waals surface area contributed by atoms with Crippen LogP contribution in [0.1, 0.15) is 80.6 Å². The molecular weight excluding hydrogens is 422 g/mol. The van der Waals surface area contributed by atoms with Crippen LogP contribution in [-0.4, -0.2) is 44.5 Å². The van der Waals surface area contributed by atoms with Gasteiger partial charge in [-0.05, 0) is 19.3 Å². The highest BCUT2D eigenvalue weighted by Gasteiger charge is 2.43. The molecule has 0 saturated heterocycles. The number of phosphoric ester groups is 2. The van der Waals surface area contributed by atoms with Crippen molar-refractivity contribution in [2.75, 3.05) is 6.61 Å². The normalized spacial score (nSPS) is 17.2. The molecule has 0 aromatic heterocycles. The second-order valence-electron chi connectivity index (χ2n) is 8.76. The molecule has 0 fully saturated rings. The van der Waals surface area contributed by atoms with Gasteiger partial charge in [0.2, 0.25) is 0 Å². The van der Waals surface area contributed by atoms with Crippen LogP contribution in [0.15, 0.2) is 0 Å². The zero-order valence-corrected chi connectivity index (χ0v) is 20.5. The first-order chi connectivity index (χ1) is 13.0. The standard InChI is InChI=1S/C18H40O9P2/c1-8-11-15(17(4,5)13-25-28(19,20)21)26-16(12-9-2)18(6,7)14(10-3)27-29(22,23)24/h14-16H,8-13H2,1-7H3,(H2,19,20,21)(H2,22,23,24). The maximum Gasteiger partial charge on any atom is 0.469 e. The Bertz CT molecular complexity index is 568. The second kappa shape index (κ2) is 11.7. The molecule has 3 unspecified atom stereocenters. The summed E-state index contributed by atoms with van der Waals surface area (Å²) in [6.07, 6.45) is 1.78. The maximum atomic E-state index is 11.4. The molecule has 0 saturated carbocycles. The van der Waals surface area contributed by atoms with Gasteiger partial charge in [-0.25, -0.2) is 9.13 Å². The molecule has 0 spiro atoms. The minimum Gasteiger partial charge on any atom is -0.374 e. The van der Waals surface area contributed by atoms with Crippen LogP contribution in [0, 0.1) is 10.8 Å². The Kier molecular flexibility index (Phi) is 11.8. The molecule has 0 bridgehead atoms. The van der Waals surface area contributed by atoms with Gasteiger partial charge in [0.1, 0.15) is 0 Å². The minimum atomic E-state index is -4.66. The number of ether oxygens (including phenoxy) is 1. The monoisotopic (exact) mass is 462 g/mol. The van der Waals surface area contributed by atoms with E-state index in [4.69, 9.17) is 23.6 Å². The Labute approximate surface area is 175 Å². The zero-order valence-electron chi connectivity index (χ0n) is 18.7. The predicted molar refractivity (Wildman–Crippen MR) is 111 cm³/mol. The van der Waals surface area contributed by atoms with Crippen LogP contribution in [0.2, 0.25) is 0 Å². The average molecular weight is 462 g/mol. The van der Waals surface area contributed by atoms with Crippen molar-refractivity contribution in [2.24, 2.45) is 10.8 Å². The van der Waals surface area contributed by atoms with Gasteiger partial charge in [-0.15, -0.1) is 0 Å². The van der Waals surface area contributed by atoms with Crippen molar-refractivity contribution in [3.05, 3.63) is 0 Å². The van der Waals surface area contributed by atoms with Gasteiger partial charge in [0, 0.05) is 10.8 Å². The van der Waals surface area contributed by atoms with Crippen LogP contribution in [-0.2, 0) is 22.9 Å². The summed E-state index contributed by atoms with van der Waals surface area (Å²) >= 11 is 0. The van der Waals surface area contributed by atoms with Crippen molar-refractivity contribution >= 4 is 15.6 Å². The van der Waals surface area contributed by atoms with E-state index in [0.717, 1.165) is 12.8 Å². The summed E-state index contributed by atoms with van der Waals surface area (Å²) in [4.78, 5) is 36.7. The predicted octanol–water partition coefficient (Wildman–Crippen LogP) is 4.39. The SMILES string of the molecule is CCCC(OC(CCC)C(C)(C)C(CC)OP(=O)(O)O)C(C)(C)COP(=O)(O)O. The molecule has 176 valence electrons. The van der Waals surface area contributed by atoms with E-state index < -0.39 is 32.6 Å². The first kappa shape index (κ1) is 29.2. The summed E-state index contributed by atoms with van der Waals surface area (Å²) in [5, 5.41) is 0. The van der Waals surface area contributed by atoms with Crippen LogP contribution in [0.25, 0.3) is 0 Å². The summed E-state index contributed by atoms with van der Waals surface area (Å²) < 4.78 is 38.8. The Balaban J connectivity index is 5.69. The smallest absolute Gasteiger partial charge is 0.374 e. The fourth-order valence-electron chi connectivity index (χ4n) is 3.43. The third-order valence-electron chi connectivity index (χ3n) is 5.20. The van der Waals surface area contributed by atoms with Crippen molar-refractivity contribution in [2.45, 2.75) is 98.9 Å². The number of phosphoric acid groups is 2. The third-order valence-corrected chi connectivity index (χ3v) is 6.20. The summed E-state index contributed by atoms with van der Waals surface area (Å²) in [6.45, 7) is 13.0. The Hall–Kier alpha value is 0.180. The van der Waals surface area contributed by atoms with Crippen LogP contribution in [0.4, 0.5) is 0 Å². The largest absolute Gasteiger partial charge is 0.469 e. The molecule has 0 aromatic carbocycles. The average Bonchev–Trinajstić information content (AvgIpc) is 2.55. The quantitative estimate of drug-likeness (QED) is 0.261. The first-order valence-corrected chi connectivity index (χ1v) is 13.2. The Morgan fingerprint density at radius 1 is 0.793 bits per heavy atom. The minimum absolute atomic E-state index is 0.183. The van der Waals surface area contributed by atoms with Gasteiger partial charge < -0.3 is 24.3 Å². The third kappa shape index (κ3) is 10.9. The molecular formula is C18H40O9P2. The molecule has 0 aromatic rings. The molecule has 0 heterocycles. The zero-order chi connectivity index (χ0) is 23.1. The number of hydrogen-bond donors (Lipinski definition) is 4. The lowest BCUT2D eigenvalue weighted by Gasteiger charge is -2.44. The molecule has 11 heteroatoms. The van der Waals surface area contributed by atoms with Crippen LogP contribution in [0.3, 0.4) is 0 Å². The summed E-state index contributed by atoms with van der Waals surface area (Å²) in [5.74, 6) is 0. The van der Waals surface area contributed by atoms with E-state index in [0.29, 0.717) is 19.3 Å². The fraction of sp³-hybridized carbons (Fsp3) is 1.00. The van der Waals surface area contributed by atoms with Crippen molar-refractivity contribution in [3.8, 4) is 0 Å². The van der Waals surface area contributed by atoms with Crippen LogP contribution < -0.4 is 0 Å². The molecule has 0 amide bonds. The molecule has 0 rings (SSSR count). The molecule has 0 radical (unpaired) electrons. The van der Waals surface area contributed by atoms with Gasteiger partial charge in [0.25, 0.3) is 0 Å². The van der Waals surface area contributed by atoms with Crippen molar-refractivity contribution in [3.63, 3.8) is 0 Å². The highest BCUT2D eigenvalue weighted by molar-refractivity contribution is 7.46. The topological polar surface area (TPSA) is 143 Å². The van der Waals surface area contributed by atoms with Crippen molar-refractivity contribution in [1.29, 1.82) is 0 Å². The maximum absolute atomic E-state index is 11.4. The Morgan fingerprint density at radius 2 is 1.28 bits per heavy atom. The summed E-state index contributed by atoms with van der Waals surface area (Å²) in [7, 11) is -9.27. The van der Waals surface area contributed by atoms with Gasteiger partial charge in [-0.3, -0.25) is 9.05 Å². The van der Waals surface area contributed by atoms with E-state index >= 15 is 0 Å². The highest BCUT2D eigenvalue weighted by Crippen LogP contribution is 2.46. The van der Waals surface area contributed by atoms with Crippen molar-refractivity contribution in [1.82, 2.24) is 0 Å². The number of rotatable bonds is 15. The van der Waals surface area contributed by atoms with Crippen molar-refractivity contribution < 1.29 is 42.5 Å². The number of hydrogen-bond acceptors (Lipinski definition) is 5. The van der Waals surface area contributed by atoms with E-state index in [-0.39, 0.29) is 18.8 Å². The molecule has 0 aliphatic heterocycles. The highest BCUT2D eigenvalue weighted by atomic mass is 31.2. The summed E-state index contributed by atoms with van der Waals surface area (Å²) in [6, 6.07) is 0. The molecule has 9 nitrogen and oxygen atoms in total. The van der Waals surface area contributed by atoms with Gasteiger partial charge in [0.05, 0.1) is 24.9 Å². The molecule has 4 N–H and O–H groups in total. The molecule has 0 aliphatic carbocycles. The van der Waals surface area contributed by atoms with E-state index in [2.05, 4.69) is 0 Å². The molecule has 3 atom stereocenters. The van der Waals surface area contributed by atoms with Gasteiger partial charge in [0.15, 0.2) is 0 Å². The van der Waals surface area contributed by atoms with Crippen LogP contribution in [0.5, 0.6) is 0 Å².